The van der Waals surface area contributed by atoms with Crippen LogP contribution >= 0.6 is 0 Å². The molecule has 2 heteroatoms. The molecule has 0 spiro atoms. The molecule has 0 N–H and O–H groups in total. The first kappa shape index (κ1) is 7.32. The third-order valence-electron chi connectivity index (χ3n) is 1.68. The largest absolute Gasteiger partial charge is 0.272 e. The van der Waals surface area contributed by atoms with Crippen LogP contribution in [-0.4, -0.2) is 9.78 Å². The maximum Gasteiger partial charge on any atom is 0.116 e. The maximum atomic E-state index is 4.03. The fourth-order valence-corrected chi connectivity index (χ4v) is 1.10. The second kappa shape index (κ2) is 2.86. The van der Waals surface area contributed by atoms with Crippen LogP contribution in [0.25, 0.3) is 0 Å². The zero-order valence-corrected chi connectivity index (χ0v) is 6.81. The minimum Gasteiger partial charge on any atom is -0.272 e. The van der Waals surface area contributed by atoms with Gasteiger partial charge in [-0.15, -0.1) is 0 Å². The fourth-order valence-electron chi connectivity index (χ4n) is 1.10. The number of nitrogens with zero attached hydrogens (tertiary/aromatic N) is 2. The fraction of sp³-hybridized carbons (Fsp3) is 0.625. The van der Waals surface area contributed by atoms with Crippen LogP contribution in [0.15, 0.2) is 0 Å². The van der Waals surface area contributed by atoms with E-state index in [1.165, 1.54) is 17.7 Å². The molecule has 0 aliphatic heterocycles. The molecular weight excluding hydrogens is 124 g/mol. The van der Waals surface area contributed by atoms with E-state index in [0.29, 0.717) is 0 Å². The molecule has 1 radical (unpaired) electrons. The van der Waals surface area contributed by atoms with Crippen LogP contribution in [0.5, 0.6) is 0 Å². The molecule has 0 aromatic carbocycles. The van der Waals surface area contributed by atoms with Gasteiger partial charge in [-0.05, 0) is 18.9 Å². The predicted octanol–water partition coefficient (Wildman–Crippen LogP) is 1.48. The van der Waals surface area contributed by atoms with Gasteiger partial charge < -0.3 is 0 Å². The molecule has 1 aromatic rings. The van der Waals surface area contributed by atoms with Gasteiger partial charge >= 0.3 is 0 Å². The first-order chi connectivity index (χ1) is 4.75. The number of rotatable bonds is 2. The van der Waals surface area contributed by atoms with E-state index in [9.17, 15) is 0 Å². The SMILES string of the molecule is CCCc1c(C)[c]nn1C. The number of hydrogen-bond donors (Lipinski definition) is 0. The molecule has 0 saturated carbocycles. The Kier molecular flexibility index (Phi) is 2.10. The lowest BCUT2D eigenvalue weighted by Crippen LogP contribution is -1.98. The Morgan fingerprint density at radius 3 is 2.70 bits per heavy atom. The molecule has 0 bridgehead atoms. The van der Waals surface area contributed by atoms with Crippen molar-refractivity contribution in [3.05, 3.63) is 17.5 Å². The summed E-state index contributed by atoms with van der Waals surface area (Å²) >= 11 is 0. The molecule has 0 unspecified atom stereocenters. The molecule has 0 amide bonds. The van der Waals surface area contributed by atoms with Gasteiger partial charge in [-0.25, -0.2) is 0 Å². The second-order valence-corrected chi connectivity index (χ2v) is 2.56. The number of aromatic nitrogens is 2. The lowest BCUT2D eigenvalue weighted by molar-refractivity contribution is 0.694. The zero-order valence-electron chi connectivity index (χ0n) is 6.81. The van der Waals surface area contributed by atoms with Gasteiger partial charge in [0.25, 0.3) is 0 Å². The topological polar surface area (TPSA) is 17.8 Å². The Bertz CT molecular complexity index is 194. The lowest BCUT2D eigenvalue weighted by atomic mass is 10.2. The normalized spacial score (nSPS) is 10.3. The first-order valence-electron chi connectivity index (χ1n) is 3.66. The van der Waals surface area contributed by atoms with Gasteiger partial charge in [-0.1, -0.05) is 13.3 Å². The van der Waals surface area contributed by atoms with Crippen molar-refractivity contribution >= 4 is 0 Å². The highest BCUT2D eigenvalue weighted by atomic mass is 15.3. The van der Waals surface area contributed by atoms with Crippen molar-refractivity contribution in [2.24, 2.45) is 7.05 Å². The van der Waals surface area contributed by atoms with E-state index in [-0.39, 0.29) is 0 Å². The van der Waals surface area contributed by atoms with E-state index in [2.05, 4.69) is 25.1 Å². The Balaban J connectivity index is 2.87. The van der Waals surface area contributed by atoms with Gasteiger partial charge in [0.2, 0.25) is 0 Å². The molecule has 2 nitrogen and oxygen atoms in total. The van der Waals surface area contributed by atoms with E-state index in [1.807, 2.05) is 11.7 Å². The molecule has 0 fully saturated rings. The van der Waals surface area contributed by atoms with Crippen molar-refractivity contribution < 1.29 is 0 Å². The summed E-state index contributed by atoms with van der Waals surface area (Å²) in [5.41, 5.74) is 2.49. The number of hydrogen-bond acceptors (Lipinski definition) is 1. The summed E-state index contributed by atoms with van der Waals surface area (Å²) in [6.45, 7) is 4.23. The van der Waals surface area contributed by atoms with E-state index in [4.69, 9.17) is 0 Å². The highest BCUT2D eigenvalue weighted by molar-refractivity contribution is 5.13. The monoisotopic (exact) mass is 137 g/mol. The Labute approximate surface area is 61.9 Å². The van der Waals surface area contributed by atoms with Gasteiger partial charge in [0, 0.05) is 12.7 Å². The summed E-state index contributed by atoms with van der Waals surface area (Å²) in [5, 5.41) is 4.03. The zero-order chi connectivity index (χ0) is 7.56. The Morgan fingerprint density at radius 2 is 2.30 bits per heavy atom. The second-order valence-electron chi connectivity index (χ2n) is 2.56. The standard InChI is InChI=1S/C8H13N2/c1-4-5-8-7(2)6-9-10(8)3/h4-5H2,1-3H3. The van der Waals surface area contributed by atoms with E-state index < -0.39 is 0 Å². The minimum atomic E-state index is 1.11. The predicted molar refractivity (Wildman–Crippen MR) is 40.8 cm³/mol. The third kappa shape index (κ3) is 1.20. The molecule has 10 heavy (non-hydrogen) atoms. The van der Waals surface area contributed by atoms with Gasteiger partial charge in [-0.2, -0.15) is 5.10 Å². The molecule has 1 aromatic heterocycles. The lowest BCUT2D eigenvalue weighted by Gasteiger charge is -1.99. The molecule has 0 aliphatic rings. The first-order valence-corrected chi connectivity index (χ1v) is 3.66. The molecule has 0 saturated heterocycles. The van der Waals surface area contributed by atoms with Crippen molar-refractivity contribution in [3.63, 3.8) is 0 Å². The molecular formula is C8H13N2. The van der Waals surface area contributed by atoms with Crippen molar-refractivity contribution in [2.75, 3.05) is 0 Å². The van der Waals surface area contributed by atoms with Crippen LogP contribution in [0.4, 0.5) is 0 Å². The van der Waals surface area contributed by atoms with E-state index in [1.54, 1.807) is 0 Å². The van der Waals surface area contributed by atoms with Crippen molar-refractivity contribution in [1.29, 1.82) is 0 Å². The quantitative estimate of drug-likeness (QED) is 0.603. The van der Waals surface area contributed by atoms with Crippen LogP contribution < -0.4 is 0 Å². The Hall–Kier alpha value is -0.790. The Morgan fingerprint density at radius 1 is 1.60 bits per heavy atom. The van der Waals surface area contributed by atoms with Gasteiger partial charge in [-0.3, -0.25) is 4.68 Å². The molecule has 55 valence electrons. The summed E-state index contributed by atoms with van der Waals surface area (Å²) in [4.78, 5) is 0. The van der Waals surface area contributed by atoms with Gasteiger partial charge in [0.15, 0.2) is 0 Å². The maximum absolute atomic E-state index is 4.03. The van der Waals surface area contributed by atoms with Crippen molar-refractivity contribution in [1.82, 2.24) is 9.78 Å². The summed E-state index contributed by atoms with van der Waals surface area (Å²) in [7, 11) is 1.97. The minimum absolute atomic E-state index is 1.11. The van der Waals surface area contributed by atoms with Crippen molar-refractivity contribution in [2.45, 2.75) is 26.7 Å². The molecule has 0 aliphatic carbocycles. The molecule has 0 atom stereocenters. The summed E-state index contributed by atoms with van der Waals surface area (Å²) < 4.78 is 1.90. The summed E-state index contributed by atoms with van der Waals surface area (Å²) in [6, 6.07) is 0. The molecule has 1 rings (SSSR count). The number of aryl methyl sites for hydroxylation is 2. The van der Waals surface area contributed by atoms with Gasteiger partial charge in [0.05, 0.1) is 0 Å². The van der Waals surface area contributed by atoms with E-state index >= 15 is 0 Å². The van der Waals surface area contributed by atoms with Gasteiger partial charge in [0.1, 0.15) is 6.20 Å². The van der Waals surface area contributed by atoms with Crippen molar-refractivity contribution in [3.8, 4) is 0 Å². The average Bonchev–Trinajstić information content (AvgIpc) is 2.20. The highest BCUT2D eigenvalue weighted by Crippen LogP contribution is 2.06. The average molecular weight is 137 g/mol. The highest BCUT2D eigenvalue weighted by Gasteiger charge is 2.01. The van der Waals surface area contributed by atoms with Crippen LogP contribution in [-0.2, 0) is 13.5 Å². The van der Waals surface area contributed by atoms with Crippen LogP contribution in [0.3, 0.4) is 0 Å². The van der Waals surface area contributed by atoms with E-state index in [0.717, 1.165) is 6.42 Å². The third-order valence-corrected chi connectivity index (χ3v) is 1.68. The summed E-state index contributed by atoms with van der Waals surface area (Å²) in [5.74, 6) is 0. The molecule has 1 heterocycles. The summed E-state index contributed by atoms with van der Waals surface area (Å²) in [6.07, 6.45) is 5.22. The van der Waals surface area contributed by atoms with Crippen LogP contribution in [0, 0.1) is 13.1 Å². The van der Waals surface area contributed by atoms with Crippen LogP contribution in [0.2, 0.25) is 0 Å². The van der Waals surface area contributed by atoms with Crippen LogP contribution in [0.1, 0.15) is 24.6 Å². The smallest absolute Gasteiger partial charge is 0.116 e.